The predicted octanol–water partition coefficient (Wildman–Crippen LogP) is -3.62. The maximum atomic E-state index is 11.6. The largest absolute Gasteiger partial charge is 1.00 e. The fraction of sp³-hybridized carbons (Fsp3) is 0.800. The third kappa shape index (κ3) is 5.44. The van der Waals surface area contributed by atoms with Crippen LogP contribution in [0.5, 0.6) is 0 Å². The first kappa shape index (κ1) is 16.3. The van der Waals surface area contributed by atoms with Crippen LogP contribution >= 0.6 is 0 Å². The maximum Gasteiger partial charge on any atom is 1.00 e. The fourth-order valence-corrected chi connectivity index (χ4v) is 1.28. The van der Waals surface area contributed by atoms with E-state index >= 15 is 0 Å². The van der Waals surface area contributed by atoms with Gasteiger partial charge in [0.2, 0.25) is 0 Å². The van der Waals surface area contributed by atoms with Gasteiger partial charge in [0.05, 0.1) is 19.1 Å². The summed E-state index contributed by atoms with van der Waals surface area (Å²) in [6, 6.07) is 0. The summed E-state index contributed by atoms with van der Waals surface area (Å²) in [6.45, 7) is 5.73. The molecule has 1 aliphatic rings. The van der Waals surface area contributed by atoms with E-state index in [1.54, 1.807) is 20.8 Å². The quantitative estimate of drug-likeness (QED) is 0.440. The average Bonchev–Trinajstić information content (AvgIpc) is 2.15. The van der Waals surface area contributed by atoms with Gasteiger partial charge in [0.1, 0.15) is 11.7 Å². The first-order valence-electron chi connectivity index (χ1n) is 5.10. The standard InChI is InChI=1S/C10H17NO5.Li/c1-10(2,3)16-9(14)11-4-5-15-7(6-11)8(12)13;/h7H,4-6H2,1-3H3,(H,12,13);/q;+1/p-1/t7-;/m1./s1. The minimum absolute atomic E-state index is 0. The van der Waals surface area contributed by atoms with Crippen molar-refractivity contribution in [3.05, 3.63) is 0 Å². The molecule has 1 atom stereocenters. The van der Waals surface area contributed by atoms with Crippen LogP contribution in [0.15, 0.2) is 0 Å². The molecule has 0 aromatic carbocycles. The van der Waals surface area contributed by atoms with Crippen LogP contribution in [0.25, 0.3) is 0 Å². The fourth-order valence-electron chi connectivity index (χ4n) is 1.28. The minimum Gasteiger partial charge on any atom is -0.547 e. The molecule has 1 amide bonds. The van der Waals surface area contributed by atoms with Crippen molar-refractivity contribution in [2.75, 3.05) is 19.7 Å². The molecule has 0 saturated carbocycles. The van der Waals surface area contributed by atoms with Crippen molar-refractivity contribution in [2.24, 2.45) is 0 Å². The van der Waals surface area contributed by atoms with Crippen LogP contribution in [0.1, 0.15) is 20.8 Å². The molecular weight excluding hydrogens is 221 g/mol. The molecule has 0 N–H and O–H groups in total. The summed E-state index contributed by atoms with van der Waals surface area (Å²) in [5.41, 5.74) is -0.591. The maximum absolute atomic E-state index is 11.6. The molecule has 0 aliphatic carbocycles. The molecule has 0 unspecified atom stereocenters. The van der Waals surface area contributed by atoms with E-state index in [1.807, 2.05) is 0 Å². The van der Waals surface area contributed by atoms with E-state index in [9.17, 15) is 14.7 Å². The van der Waals surface area contributed by atoms with Gasteiger partial charge in [-0.05, 0) is 20.8 Å². The Morgan fingerprint density at radius 1 is 1.41 bits per heavy atom. The van der Waals surface area contributed by atoms with Gasteiger partial charge in [-0.15, -0.1) is 0 Å². The van der Waals surface area contributed by atoms with Crippen molar-refractivity contribution < 1.29 is 43.0 Å². The van der Waals surface area contributed by atoms with Crippen molar-refractivity contribution in [3.8, 4) is 0 Å². The van der Waals surface area contributed by atoms with Crippen molar-refractivity contribution >= 4 is 12.1 Å². The van der Waals surface area contributed by atoms with Crippen LogP contribution < -0.4 is 24.0 Å². The van der Waals surface area contributed by atoms with Crippen LogP contribution in [0, 0.1) is 0 Å². The van der Waals surface area contributed by atoms with Crippen LogP contribution in [-0.4, -0.2) is 48.4 Å². The van der Waals surface area contributed by atoms with Crippen LogP contribution in [0.3, 0.4) is 0 Å². The number of carboxylic acid groups (broad SMARTS) is 1. The second-order valence-electron chi connectivity index (χ2n) is 4.60. The van der Waals surface area contributed by atoms with E-state index in [1.165, 1.54) is 4.90 Å². The molecular formula is C10H16LiNO5. The zero-order chi connectivity index (χ0) is 12.3. The molecule has 17 heavy (non-hydrogen) atoms. The smallest absolute Gasteiger partial charge is 0.547 e. The molecule has 1 fully saturated rings. The molecule has 0 radical (unpaired) electrons. The zero-order valence-electron chi connectivity index (χ0n) is 10.7. The zero-order valence-corrected chi connectivity index (χ0v) is 10.7. The number of carboxylic acids is 1. The predicted molar refractivity (Wildman–Crippen MR) is 52.6 cm³/mol. The third-order valence-electron chi connectivity index (χ3n) is 1.98. The molecule has 1 aliphatic heterocycles. The summed E-state index contributed by atoms with van der Waals surface area (Å²) in [5, 5.41) is 10.6. The van der Waals surface area contributed by atoms with E-state index in [0.29, 0.717) is 6.54 Å². The van der Waals surface area contributed by atoms with Crippen LogP contribution in [0.2, 0.25) is 0 Å². The topological polar surface area (TPSA) is 78.9 Å². The van der Waals surface area contributed by atoms with Gasteiger partial charge >= 0.3 is 25.0 Å². The Kier molecular flexibility index (Phi) is 6.03. The number of carbonyl (C=O) groups is 2. The molecule has 6 nitrogen and oxygen atoms in total. The summed E-state index contributed by atoms with van der Waals surface area (Å²) < 4.78 is 10.1. The van der Waals surface area contributed by atoms with Gasteiger partial charge in [0.25, 0.3) is 0 Å². The Hall–Kier alpha value is -0.703. The molecule has 92 valence electrons. The Bertz CT molecular complexity index is 289. The van der Waals surface area contributed by atoms with Gasteiger partial charge in [0, 0.05) is 6.54 Å². The molecule has 0 bridgehead atoms. The van der Waals surface area contributed by atoms with E-state index < -0.39 is 23.8 Å². The second-order valence-corrected chi connectivity index (χ2v) is 4.60. The second kappa shape index (κ2) is 6.29. The Morgan fingerprint density at radius 2 is 2.00 bits per heavy atom. The molecule has 0 spiro atoms. The summed E-state index contributed by atoms with van der Waals surface area (Å²) in [4.78, 5) is 23.5. The molecule has 1 saturated heterocycles. The molecule has 0 aromatic heterocycles. The number of amides is 1. The SMILES string of the molecule is CC(C)(C)OC(=O)N1CCO[C@@H](C(=O)[O-])C1.[Li+]. The number of ether oxygens (including phenoxy) is 2. The first-order chi connectivity index (χ1) is 7.29. The molecule has 7 heteroatoms. The monoisotopic (exact) mass is 237 g/mol. The molecule has 1 rings (SSSR count). The van der Waals surface area contributed by atoms with Gasteiger partial charge in [-0.3, -0.25) is 0 Å². The average molecular weight is 237 g/mol. The number of rotatable bonds is 1. The number of carbonyl (C=O) groups excluding carboxylic acids is 2. The Balaban J connectivity index is 0.00000256. The molecule has 1 heterocycles. The third-order valence-corrected chi connectivity index (χ3v) is 1.98. The number of hydrogen-bond acceptors (Lipinski definition) is 5. The number of hydrogen-bond donors (Lipinski definition) is 0. The van der Waals surface area contributed by atoms with Crippen molar-refractivity contribution in [3.63, 3.8) is 0 Å². The van der Waals surface area contributed by atoms with Crippen molar-refractivity contribution in [1.82, 2.24) is 4.90 Å². The van der Waals surface area contributed by atoms with Gasteiger partial charge in [0.15, 0.2) is 0 Å². The summed E-state index contributed by atoms with van der Waals surface area (Å²) in [6.07, 6.45) is -1.59. The van der Waals surface area contributed by atoms with E-state index in [0.717, 1.165) is 0 Å². The normalized spacial score (nSPS) is 20.4. The van der Waals surface area contributed by atoms with Crippen LogP contribution in [-0.2, 0) is 14.3 Å². The summed E-state index contributed by atoms with van der Waals surface area (Å²) >= 11 is 0. The summed E-state index contributed by atoms with van der Waals surface area (Å²) in [5.74, 6) is -1.31. The van der Waals surface area contributed by atoms with Crippen molar-refractivity contribution in [1.29, 1.82) is 0 Å². The molecule has 0 aromatic rings. The van der Waals surface area contributed by atoms with Crippen molar-refractivity contribution in [2.45, 2.75) is 32.5 Å². The van der Waals surface area contributed by atoms with E-state index in [4.69, 9.17) is 9.47 Å². The first-order valence-corrected chi connectivity index (χ1v) is 5.10. The summed E-state index contributed by atoms with van der Waals surface area (Å²) in [7, 11) is 0. The van der Waals surface area contributed by atoms with Gasteiger partial charge < -0.3 is 24.3 Å². The van der Waals surface area contributed by atoms with Gasteiger partial charge in [-0.25, -0.2) is 4.79 Å². The van der Waals surface area contributed by atoms with Gasteiger partial charge in [-0.1, -0.05) is 0 Å². The Labute approximate surface area is 112 Å². The number of aliphatic carboxylic acids is 1. The van der Waals surface area contributed by atoms with E-state index in [-0.39, 0.29) is 32.0 Å². The number of nitrogens with zero attached hydrogens (tertiary/aromatic N) is 1. The van der Waals surface area contributed by atoms with E-state index in [2.05, 4.69) is 0 Å². The Morgan fingerprint density at radius 3 is 2.47 bits per heavy atom. The minimum atomic E-state index is -1.31. The van der Waals surface area contributed by atoms with Gasteiger partial charge in [-0.2, -0.15) is 0 Å². The van der Waals surface area contributed by atoms with Crippen LogP contribution in [0.4, 0.5) is 4.79 Å². The number of morpholine rings is 1.